The molecule has 0 radical (unpaired) electrons. The highest BCUT2D eigenvalue weighted by Crippen LogP contribution is 2.09. The van der Waals surface area contributed by atoms with Crippen LogP contribution in [-0.4, -0.2) is 55.0 Å². The first-order chi connectivity index (χ1) is 9.81. The lowest BCUT2D eigenvalue weighted by Crippen LogP contribution is -2.35. The highest BCUT2D eigenvalue weighted by molar-refractivity contribution is 5.94. The second-order valence-electron chi connectivity index (χ2n) is 5.35. The van der Waals surface area contributed by atoms with Gasteiger partial charge in [-0.15, -0.1) is 0 Å². The molecule has 0 bridgehead atoms. The van der Waals surface area contributed by atoms with Gasteiger partial charge in [0, 0.05) is 25.2 Å². The van der Waals surface area contributed by atoms with Crippen molar-refractivity contribution >= 4 is 5.91 Å². The zero-order chi connectivity index (χ0) is 14.2. The van der Waals surface area contributed by atoms with Gasteiger partial charge in [0.15, 0.2) is 0 Å². The van der Waals surface area contributed by atoms with E-state index in [1.165, 1.54) is 0 Å². The summed E-state index contributed by atoms with van der Waals surface area (Å²) in [5.74, 6) is 0.161. The molecule has 0 unspecified atom stereocenters. The van der Waals surface area contributed by atoms with Crippen LogP contribution in [0.2, 0.25) is 0 Å². The van der Waals surface area contributed by atoms with Gasteiger partial charge in [-0.25, -0.2) is 0 Å². The average Bonchev–Trinajstić information content (AvgIpc) is 2.73. The molecule has 0 aliphatic carbocycles. The summed E-state index contributed by atoms with van der Waals surface area (Å²) >= 11 is 0. The molecular weight excluding hydrogens is 250 g/mol. The molecule has 1 heterocycles. The van der Waals surface area contributed by atoms with Crippen LogP contribution in [0.1, 0.15) is 29.6 Å². The molecule has 1 aliphatic rings. The van der Waals surface area contributed by atoms with Gasteiger partial charge in [0.1, 0.15) is 0 Å². The van der Waals surface area contributed by atoms with Gasteiger partial charge in [0.25, 0.3) is 5.91 Å². The van der Waals surface area contributed by atoms with Crippen molar-refractivity contribution in [3.63, 3.8) is 0 Å². The molecule has 1 fully saturated rings. The van der Waals surface area contributed by atoms with Crippen molar-refractivity contribution < 1.29 is 4.79 Å². The van der Waals surface area contributed by atoms with Crippen molar-refractivity contribution in [1.29, 1.82) is 0 Å². The molecule has 1 aromatic rings. The number of nitrogens with two attached hydrogens (primary N) is 1. The Morgan fingerprint density at radius 2 is 1.85 bits per heavy atom. The molecule has 0 atom stereocenters. The molecule has 2 N–H and O–H groups in total. The van der Waals surface area contributed by atoms with Crippen molar-refractivity contribution in [3.05, 3.63) is 35.9 Å². The van der Waals surface area contributed by atoms with Crippen LogP contribution in [0.5, 0.6) is 0 Å². The fraction of sp³-hybridized carbons (Fsp3) is 0.562. The van der Waals surface area contributed by atoms with E-state index in [4.69, 9.17) is 5.73 Å². The number of rotatable bonds is 5. The second kappa shape index (κ2) is 8.02. The van der Waals surface area contributed by atoms with E-state index in [1.54, 1.807) is 0 Å². The monoisotopic (exact) mass is 275 g/mol. The zero-order valence-electron chi connectivity index (χ0n) is 12.1. The summed E-state index contributed by atoms with van der Waals surface area (Å²) in [6.45, 7) is 5.63. The molecule has 4 nitrogen and oxygen atoms in total. The van der Waals surface area contributed by atoms with Crippen LogP contribution < -0.4 is 5.73 Å². The van der Waals surface area contributed by atoms with Crippen LogP contribution in [0.15, 0.2) is 30.3 Å². The first kappa shape index (κ1) is 15.0. The Hall–Kier alpha value is -1.39. The van der Waals surface area contributed by atoms with E-state index in [0.717, 1.165) is 64.1 Å². The lowest BCUT2D eigenvalue weighted by atomic mass is 10.2. The van der Waals surface area contributed by atoms with Gasteiger partial charge >= 0.3 is 0 Å². The van der Waals surface area contributed by atoms with Crippen molar-refractivity contribution in [2.45, 2.75) is 19.3 Å². The maximum atomic E-state index is 12.4. The fourth-order valence-corrected chi connectivity index (χ4v) is 2.64. The van der Waals surface area contributed by atoms with E-state index >= 15 is 0 Å². The molecule has 20 heavy (non-hydrogen) atoms. The number of carbonyl (C=O) groups is 1. The van der Waals surface area contributed by atoms with E-state index in [2.05, 4.69) is 4.90 Å². The highest BCUT2D eigenvalue weighted by atomic mass is 16.2. The van der Waals surface area contributed by atoms with Crippen LogP contribution in [0.25, 0.3) is 0 Å². The smallest absolute Gasteiger partial charge is 0.253 e. The number of benzene rings is 1. The van der Waals surface area contributed by atoms with E-state index in [0.29, 0.717) is 0 Å². The number of carbonyl (C=O) groups excluding carboxylic acids is 1. The quantitative estimate of drug-likeness (QED) is 0.830. The van der Waals surface area contributed by atoms with Crippen molar-refractivity contribution in [2.75, 3.05) is 39.3 Å². The predicted octanol–water partition coefficient (Wildman–Crippen LogP) is 1.57. The SMILES string of the molecule is NCCCCN1CCCN(C(=O)c2ccccc2)CC1. The summed E-state index contributed by atoms with van der Waals surface area (Å²) in [5.41, 5.74) is 6.33. The largest absolute Gasteiger partial charge is 0.337 e. The minimum Gasteiger partial charge on any atom is -0.337 e. The summed E-state index contributed by atoms with van der Waals surface area (Å²) in [6, 6.07) is 9.57. The van der Waals surface area contributed by atoms with Gasteiger partial charge in [-0.2, -0.15) is 0 Å². The van der Waals surface area contributed by atoms with Crippen molar-refractivity contribution in [1.82, 2.24) is 9.80 Å². The molecule has 110 valence electrons. The number of hydrogen-bond donors (Lipinski definition) is 1. The summed E-state index contributed by atoms with van der Waals surface area (Å²) < 4.78 is 0. The first-order valence-corrected chi connectivity index (χ1v) is 7.58. The van der Waals surface area contributed by atoms with Gasteiger partial charge in [-0.05, 0) is 51.0 Å². The van der Waals surface area contributed by atoms with Crippen LogP contribution >= 0.6 is 0 Å². The van der Waals surface area contributed by atoms with E-state index in [9.17, 15) is 4.79 Å². The minimum absolute atomic E-state index is 0.161. The molecule has 1 saturated heterocycles. The lowest BCUT2D eigenvalue weighted by molar-refractivity contribution is 0.0761. The van der Waals surface area contributed by atoms with E-state index < -0.39 is 0 Å². The normalized spacial score (nSPS) is 16.9. The third-order valence-corrected chi connectivity index (χ3v) is 3.82. The Balaban J connectivity index is 1.85. The van der Waals surface area contributed by atoms with E-state index in [-0.39, 0.29) is 5.91 Å². The average molecular weight is 275 g/mol. The summed E-state index contributed by atoms with van der Waals surface area (Å²) in [5, 5.41) is 0. The topological polar surface area (TPSA) is 49.6 Å². The van der Waals surface area contributed by atoms with Crippen LogP contribution in [0.4, 0.5) is 0 Å². The zero-order valence-corrected chi connectivity index (χ0v) is 12.1. The number of nitrogens with zero attached hydrogens (tertiary/aromatic N) is 2. The molecule has 1 aliphatic heterocycles. The Bertz CT molecular complexity index is 407. The minimum atomic E-state index is 0.161. The molecule has 4 heteroatoms. The Kier molecular flexibility index (Phi) is 6.02. The van der Waals surface area contributed by atoms with Gasteiger partial charge in [0.2, 0.25) is 0 Å². The maximum absolute atomic E-state index is 12.4. The van der Waals surface area contributed by atoms with Gasteiger partial charge < -0.3 is 15.5 Å². The van der Waals surface area contributed by atoms with Gasteiger partial charge in [-0.1, -0.05) is 18.2 Å². The van der Waals surface area contributed by atoms with Crippen LogP contribution in [0.3, 0.4) is 0 Å². The van der Waals surface area contributed by atoms with Gasteiger partial charge in [0.05, 0.1) is 0 Å². The Labute approximate surface area is 121 Å². The number of unbranched alkanes of at least 4 members (excludes halogenated alkanes) is 1. The molecule has 2 rings (SSSR count). The van der Waals surface area contributed by atoms with E-state index in [1.807, 2.05) is 35.2 Å². The predicted molar refractivity (Wildman–Crippen MR) is 81.7 cm³/mol. The third kappa shape index (κ3) is 4.32. The van der Waals surface area contributed by atoms with Crippen molar-refractivity contribution in [3.8, 4) is 0 Å². The maximum Gasteiger partial charge on any atom is 0.253 e. The van der Waals surface area contributed by atoms with Crippen molar-refractivity contribution in [2.24, 2.45) is 5.73 Å². The van der Waals surface area contributed by atoms with Crippen LogP contribution in [-0.2, 0) is 0 Å². The fourth-order valence-electron chi connectivity index (χ4n) is 2.64. The summed E-state index contributed by atoms with van der Waals surface area (Å²) in [6.07, 6.45) is 3.30. The lowest BCUT2D eigenvalue weighted by Gasteiger charge is -2.22. The molecule has 1 aromatic carbocycles. The first-order valence-electron chi connectivity index (χ1n) is 7.58. The standard InChI is InChI=1S/C16H25N3O/c17-9-4-5-10-18-11-6-12-19(14-13-18)16(20)15-7-2-1-3-8-15/h1-3,7-8H,4-6,9-14,17H2. The number of hydrogen-bond acceptors (Lipinski definition) is 3. The molecule has 1 amide bonds. The Morgan fingerprint density at radius 3 is 2.60 bits per heavy atom. The third-order valence-electron chi connectivity index (χ3n) is 3.82. The number of amides is 1. The highest BCUT2D eigenvalue weighted by Gasteiger charge is 2.19. The molecular formula is C16H25N3O. The Morgan fingerprint density at radius 1 is 1.05 bits per heavy atom. The molecule has 0 aromatic heterocycles. The van der Waals surface area contributed by atoms with Crippen LogP contribution in [0, 0.1) is 0 Å². The second-order valence-corrected chi connectivity index (χ2v) is 5.35. The molecule has 0 saturated carbocycles. The van der Waals surface area contributed by atoms with Gasteiger partial charge in [-0.3, -0.25) is 4.79 Å². The summed E-state index contributed by atoms with van der Waals surface area (Å²) in [4.78, 5) is 16.8. The summed E-state index contributed by atoms with van der Waals surface area (Å²) in [7, 11) is 0. The molecule has 0 spiro atoms.